The van der Waals surface area contributed by atoms with Gasteiger partial charge in [0.15, 0.2) is 0 Å². The molecule has 1 aliphatic rings. The summed E-state index contributed by atoms with van der Waals surface area (Å²) >= 11 is 0. The molecule has 0 heterocycles. The summed E-state index contributed by atoms with van der Waals surface area (Å²) in [6.07, 6.45) is 10.3. The standard InChI is InChI=1S/C19H39NO/c1-6-8-17-9-11-19(12-10-17,16-20-14-7-2)21-15-13-18(3,4)5/h17,20H,6-16H2,1-5H3. The third-order valence-electron chi connectivity index (χ3n) is 4.85. The molecule has 1 saturated carbocycles. The monoisotopic (exact) mass is 297 g/mol. The summed E-state index contributed by atoms with van der Waals surface area (Å²) in [7, 11) is 0. The van der Waals surface area contributed by atoms with Crippen molar-refractivity contribution in [3.63, 3.8) is 0 Å². The van der Waals surface area contributed by atoms with Crippen LogP contribution in [0.3, 0.4) is 0 Å². The van der Waals surface area contributed by atoms with Crippen molar-refractivity contribution in [2.45, 2.75) is 91.6 Å². The topological polar surface area (TPSA) is 21.3 Å². The number of ether oxygens (including phenoxy) is 1. The van der Waals surface area contributed by atoms with Crippen molar-refractivity contribution in [3.8, 4) is 0 Å². The van der Waals surface area contributed by atoms with Gasteiger partial charge in [-0.3, -0.25) is 0 Å². The summed E-state index contributed by atoms with van der Waals surface area (Å²) in [6.45, 7) is 14.5. The second-order valence-electron chi connectivity index (χ2n) is 8.25. The Bertz CT molecular complexity index is 261. The summed E-state index contributed by atoms with van der Waals surface area (Å²) < 4.78 is 6.46. The molecule has 21 heavy (non-hydrogen) atoms. The van der Waals surface area contributed by atoms with Gasteiger partial charge in [-0.15, -0.1) is 0 Å². The van der Waals surface area contributed by atoms with Gasteiger partial charge in [-0.1, -0.05) is 47.5 Å². The fraction of sp³-hybridized carbons (Fsp3) is 1.00. The average Bonchev–Trinajstić information content (AvgIpc) is 2.41. The van der Waals surface area contributed by atoms with E-state index >= 15 is 0 Å². The van der Waals surface area contributed by atoms with Gasteiger partial charge in [0.25, 0.3) is 0 Å². The van der Waals surface area contributed by atoms with E-state index in [1.165, 1.54) is 44.9 Å². The zero-order valence-corrected chi connectivity index (χ0v) is 15.3. The first-order chi connectivity index (χ1) is 9.91. The van der Waals surface area contributed by atoms with E-state index in [4.69, 9.17) is 4.74 Å². The molecule has 1 rings (SSSR count). The smallest absolute Gasteiger partial charge is 0.0806 e. The molecule has 0 aromatic heterocycles. The van der Waals surface area contributed by atoms with Crippen molar-refractivity contribution in [1.29, 1.82) is 0 Å². The van der Waals surface area contributed by atoms with Crippen LogP contribution in [-0.2, 0) is 4.74 Å². The largest absolute Gasteiger partial charge is 0.374 e. The molecule has 2 nitrogen and oxygen atoms in total. The maximum Gasteiger partial charge on any atom is 0.0806 e. The minimum Gasteiger partial charge on any atom is -0.374 e. The molecule has 0 saturated heterocycles. The van der Waals surface area contributed by atoms with Gasteiger partial charge in [0.1, 0.15) is 0 Å². The van der Waals surface area contributed by atoms with Crippen LogP contribution in [0, 0.1) is 11.3 Å². The Labute approximate surface area is 133 Å². The molecular formula is C19H39NO. The molecule has 0 spiro atoms. The molecule has 0 atom stereocenters. The average molecular weight is 298 g/mol. The lowest BCUT2D eigenvalue weighted by atomic mass is 9.77. The van der Waals surface area contributed by atoms with E-state index in [0.29, 0.717) is 5.41 Å². The Morgan fingerprint density at radius 1 is 1.10 bits per heavy atom. The van der Waals surface area contributed by atoms with Gasteiger partial charge in [0.05, 0.1) is 5.60 Å². The molecule has 1 aliphatic carbocycles. The molecule has 1 fully saturated rings. The van der Waals surface area contributed by atoms with Crippen molar-refractivity contribution in [3.05, 3.63) is 0 Å². The Morgan fingerprint density at radius 2 is 1.76 bits per heavy atom. The van der Waals surface area contributed by atoms with E-state index < -0.39 is 0 Å². The van der Waals surface area contributed by atoms with Crippen molar-refractivity contribution in [2.75, 3.05) is 19.7 Å². The van der Waals surface area contributed by atoms with E-state index in [1.807, 2.05) is 0 Å². The Hall–Kier alpha value is -0.0800. The second kappa shape index (κ2) is 9.15. The number of hydrogen-bond donors (Lipinski definition) is 1. The highest BCUT2D eigenvalue weighted by Crippen LogP contribution is 2.37. The minimum absolute atomic E-state index is 0.116. The van der Waals surface area contributed by atoms with Crippen LogP contribution in [0.2, 0.25) is 0 Å². The number of hydrogen-bond acceptors (Lipinski definition) is 2. The predicted octanol–water partition coefficient (Wildman–Crippen LogP) is 5.17. The quantitative estimate of drug-likeness (QED) is 0.593. The van der Waals surface area contributed by atoms with Crippen molar-refractivity contribution < 1.29 is 4.74 Å². The molecule has 1 N–H and O–H groups in total. The summed E-state index contributed by atoms with van der Waals surface area (Å²) in [4.78, 5) is 0. The van der Waals surface area contributed by atoms with Crippen LogP contribution >= 0.6 is 0 Å². The van der Waals surface area contributed by atoms with E-state index in [-0.39, 0.29) is 5.60 Å². The van der Waals surface area contributed by atoms with Crippen molar-refractivity contribution >= 4 is 0 Å². The van der Waals surface area contributed by atoms with Crippen LogP contribution in [0.25, 0.3) is 0 Å². The zero-order chi connectivity index (χ0) is 15.8. The Balaban J connectivity index is 2.47. The molecule has 0 amide bonds. The number of rotatable bonds is 9. The molecule has 0 aliphatic heterocycles. The van der Waals surface area contributed by atoms with Gasteiger partial charge in [0, 0.05) is 13.2 Å². The van der Waals surface area contributed by atoms with Gasteiger partial charge in [-0.25, -0.2) is 0 Å². The van der Waals surface area contributed by atoms with Gasteiger partial charge < -0.3 is 10.1 Å². The predicted molar refractivity (Wildman–Crippen MR) is 92.8 cm³/mol. The maximum atomic E-state index is 6.46. The first-order valence-electron chi connectivity index (χ1n) is 9.25. The lowest BCUT2D eigenvalue weighted by Crippen LogP contribution is -2.46. The first-order valence-corrected chi connectivity index (χ1v) is 9.25. The summed E-state index contributed by atoms with van der Waals surface area (Å²) in [5, 5.41) is 3.62. The van der Waals surface area contributed by atoms with Crippen LogP contribution < -0.4 is 5.32 Å². The highest BCUT2D eigenvalue weighted by Gasteiger charge is 2.35. The Kier molecular flexibility index (Phi) is 8.26. The molecule has 2 heteroatoms. The van der Waals surface area contributed by atoms with Crippen LogP contribution in [0.15, 0.2) is 0 Å². The molecule has 0 unspecified atom stereocenters. The third-order valence-corrected chi connectivity index (χ3v) is 4.85. The molecule has 126 valence electrons. The highest BCUT2D eigenvalue weighted by molar-refractivity contribution is 4.89. The van der Waals surface area contributed by atoms with Crippen LogP contribution in [0.1, 0.15) is 86.0 Å². The maximum absolute atomic E-state index is 6.46. The summed E-state index contributed by atoms with van der Waals surface area (Å²) in [5.74, 6) is 0.945. The molecule has 0 radical (unpaired) electrons. The fourth-order valence-electron chi connectivity index (χ4n) is 3.34. The Morgan fingerprint density at radius 3 is 2.29 bits per heavy atom. The van der Waals surface area contributed by atoms with Crippen molar-refractivity contribution in [2.24, 2.45) is 11.3 Å². The fourth-order valence-corrected chi connectivity index (χ4v) is 3.34. The van der Waals surface area contributed by atoms with Gasteiger partial charge in [-0.2, -0.15) is 0 Å². The van der Waals surface area contributed by atoms with E-state index in [0.717, 1.165) is 32.0 Å². The minimum atomic E-state index is 0.116. The number of nitrogens with one attached hydrogen (secondary N) is 1. The van der Waals surface area contributed by atoms with Gasteiger partial charge in [-0.05, 0) is 56.4 Å². The SMILES string of the molecule is CCCNCC1(OCCC(C)(C)C)CCC(CCC)CC1. The lowest BCUT2D eigenvalue weighted by Gasteiger charge is -2.41. The van der Waals surface area contributed by atoms with E-state index in [1.54, 1.807) is 0 Å². The lowest BCUT2D eigenvalue weighted by molar-refractivity contribution is -0.0831. The molecule has 0 bridgehead atoms. The normalized spacial score (nSPS) is 27.0. The van der Waals surface area contributed by atoms with E-state index in [2.05, 4.69) is 39.9 Å². The molecule has 0 aromatic carbocycles. The second-order valence-corrected chi connectivity index (χ2v) is 8.25. The van der Waals surface area contributed by atoms with Gasteiger partial charge in [0.2, 0.25) is 0 Å². The van der Waals surface area contributed by atoms with Crippen LogP contribution in [0.5, 0.6) is 0 Å². The van der Waals surface area contributed by atoms with Gasteiger partial charge >= 0.3 is 0 Å². The summed E-state index contributed by atoms with van der Waals surface area (Å²) in [5.41, 5.74) is 0.488. The van der Waals surface area contributed by atoms with Crippen molar-refractivity contribution in [1.82, 2.24) is 5.32 Å². The third kappa shape index (κ3) is 7.65. The zero-order valence-electron chi connectivity index (χ0n) is 15.3. The molecular weight excluding hydrogens is 258 g/mol. The summed E-state index contributed by atoms with van der Waals surface area (Å²) in [6, 6.07) is 0. The van der Waals surface area contributed by atoms with Crippen LogP contribution in [0.4, 0.5) is 0 Å². The first kappa shape index (κ1) is 19.0. The molecule has 0 aromatic rings. The highest BCUT2D eigenvalue weighted by atomic mass is 16.5. The van der Waals surface area contributed by atoms with E-state index in [9.17, 15) is 0 Å². The van der Waals surface area contributed by atoms with Crippen LogP contribution in [-0.4, -0.2) is 25.3 Å².